The van der Waals surface area contributed by atoms with Gasteiger partial charge in [-0.1, -0.05) is 0 Å². The molecular weight excluding hydrogens is 473 g/mol. The minimum absolute atomic E-state index is 0.246. The van der Waals surface area contributed by atoms with E-state index in [0.29, 0.717) is 33.6 Å². The van der Waals surface area contributed by atoms with Gasteiger partial charge < -0.3 is 5.32 Å². The molecule has 0 saturated heterocycles. The number of rotatable bonds is 4. The second kappa shape index (κ2) is 8.42. The lowest BCUT2D eigenvalue weighted by Gasteiger charge is -2.30. The predicted molar refractivity (Wildman–Crippen MR) is 128 cm³/mol. The number of alkyl halides is 3. The Labute approximate surface area is 206 Å². The Morgan fingerprint density at radius 3 is 2.44 bits per heavy atom. The number of hydrogen-bond donors (Lipinski definition) is 1. The second-order valence-corrected chi connectivity index (χ2v) is 10.4. The number of carbonyl (C=O) groups is 2. The molecule has 3 aromatic heterocycles. The summed E-state index contributed by atoms with van der Waals surface area (Å²) in [5, 5.41) is 6.68. The number of carbonyl (C=O) groups excluding carboxylic acids is 2. The molecule has 0 bridgehead atoms. The molecule has 0 saturated carbocycles. The Bertz CT molecular complexity index is 1350. The van der Waals surface area contributed by atoms with Crippen molar-refractivity contribution in [1.82, 2.24) is 25.1 Å². The number of aromatic nitrogens is 4. The normalized spacial score (nSPS) is 15.2. The maximum absolute atomic E-state index is 13.4. The largest absolute Gasteiger partial charge is 0.408 e. The number of amides is 2. The van der Waals surface area contributed by atoms with E-state index in [1.807, 2.05) is 20.8 Å². The third-order valence-corrected chi connectivity index (χ3v) is 5.78. The number of fused-ring (bicyclic) bond motifs is 1. The van der Waals surface area contributed by atoms with Crippen molar-refractivity contribution < 1.29 is 22.8 Å². The zero-order chi connectivity index (χ0) is 26.6. The van der Waals surface area contributed by atoms with Crippen LogP contribution in [0.4, 0.5) is 18.9 Å². The molecule has 4 rings (SSSR count). The van der Waals surface area contributed by atoms with Crippen LogP contribution in [0.25, 0.3) is 11.3 Å². The van der Waals surface area contributed by atoms with Gasteiger partial charge in [0.25, 0.3) is 11.8 Å². The van der Waals surface area contributed by atoms with Crippen LogP contribution >= 0.6 is 0 Å². The summed E-state index contributed by atoms with van der Waals surface area (Å²) in [6.07, 6.45) is 1.07. The van der Waals surface area contributed by atoms with Gasteiger partial charge in [-0.3, -0.25) is 24.2 Å². The molecule has 0 radical (unpaired) electrons. The Morgan fingerprint density at radius 1 is 1.11 bits per heavy atom. The van der Waals surface area contributed by atoms with Crippen LogP contribution in [0, 0.1) is 6.92 Å². The molecule has 0 spiro atoms. The van der Waals surface area contributed by atoms with Gasteiger partial charge >= 0.3 is 6.18 Å². The molecule has 36 heavy (non-hydrogen) atoms. The van der Waals surface area contributed by atoms with E-state index in [2.05, 4.69) is 15.4 Å². The summed E-state index contributed by atoms with van der Waals surface area (Å²) >= 11 is 0. The Morgan fingerprint density at radius 2 is 1.81 bits per heavy atom. The van der Waals surface area contributed by atoms with Crippen LogP contribution in [0.1, 0.15) is 66.6 Å². The molecule has 190 valence electrons. The molecule has 0 atom stereocenters. The maximum Gasteiger partial charge on any atom is 0.408 e. The van der Waals surface area contributed by atoms with Gasteiger partial charge in [0.2, 0.25) is 0 Å². The fourth-order valence-electron chi connectivity index (χ4n) is 4.30. The first-order chi connectivity index (χ1) is 16.6. The fraction of sp³-hybridized carbons (Fsp3) is 0.400. The van der Waals surface area contributed by atoms with Crippen molar-refractivity contribution in [1.29, 1.82) is 0 Å². The third kappa shape index (κ3) is 4.82. The van der Waals surface area contributed by atoms with E-state index < -0.39 is 23.8 Å². The number of nitrogens with one attached hydrogen (secondary N) is 1. The van der Waals surface area contributed by atoms with Crippen molar-refractivity contribution in [3.8, 4) is 11.3 Å². The van der Waals surface area contributed by atoms with Gasteiger partial charge in [0, 0.05) is 29.7 Å². The summed E-state index contributed by atoms with van der Waals surface area (Å²) in [4.78, 5) is 36.4. The van der Waals surface area contributed by atoms with Crippen LogP contribution in [0.3, 0.4) is 0 Å². The third-order valence-electron chi connectivity index (χ3n) is 5.78. The van der Waals surface area contributed by atoms with Gasteiger partial charge in [-0.2, -0.15) is 18.3 Å². The molecule has 0 unspecified atom stereocenters. The summed E-state index contributed by atoms with van der Waals surface area (Å²) in [5.74, 6) is -0.637. The van der Waals surface area contributed by atoms with Crippen LogP contribution < -0.4 is 10.2 Å². The molecule has 2 amide bonds. The smallest absolute Gasteiger partial charge is 0.347 e. The van der Waals surface area contributed by atoms with Crippen LogP contribution in [-0.2, 0) is 12.1 Å². The van der Waals surface area contributed by atoms with Crippen LogP contribution in [0.5, 0.6) is 0 Å². The van der Waals surface area contributed by atoms with Crippen molar-refractivity contribution in [2.75, 3.05) is 4.90 Å². The highest BCUT2D eigenvalue weighted by Gasteiger charge is 2.47. The molecule has 11 heteroatoms. The molecule has 0 aliphatic carbocycles. The summed E-state index contributed by atoms with van der Waals surface area (Å²) in [6.45, 7) is 9.72. The zero-order valence-electron chi connectivity index (χ0n) is 20.9. The van der Waals surface area contributed by atoms with Gasteiger partial charge in [0.1, 0.15) is 6.54 Å². The first-order valence-corrected chi connectivity index (χ1v) is 11.3. The number of hydrogen-bond acceptors (Lipinski definition) is 5. The molecule has 4 heterocycles. The van der Waals surface area contributed by atoms with Crippen molar-refractivity contribution >= 4 is 17.5 Å². The van der Waals surface area contributed by atoms with E-state index in [1.54, 1.807) is 39.1 Å². The summed E-state index contributed by atoms with van der Waals surface area (Å²) in [5.41, 5.74) is 1.89. The number of anilines is 1. The summed E-state index contributed by atoms with van der Waals surface area (Å²) in [6, 6.07) is 3.43. The van der Waals surface area contributed by atoms with E-state index >= 15 is 0 Å². The van der Waals surface area contributed by atoms with Crippen LogP contribution in [0.2, 0.25) is 0 Å². The number of aryl methyl sites for hydroxylation is 1. The van der Waals surface area contributed by atoms with Gasteiger partial charge in [0.15, 0.2) is 0 Å². The van der Waals surface area contributed by atoms with E-state index in [-0.39, 0.29) is 17.5 Å². The minimum Gasteiger partial charge on any atom is -0.347 e. The first kappa shape index (κ1) is 25.3. The molecular formula is C25H27F3N6O2. The van der Waals surface area contributed by atoms with Gasteiger partial charge in [-0.25, -0.2) is 4.98 Å². The maximum atomic E-state index is 13.4. The van der Waals surface area contributed by atoms with Gasteiger partial charge in [0.05, 0.1) is 39.9 Å². The molecule has 1 N–H and O–H groups in total. The van der Waals surface area contributed by atoms with E-state index in [0.717, 1.165) is 4.68 Å². The first-order valence-electron chi connectivity index (χ1n) is 11.3. The number of pyridine rings is 2. The van der Waals surface area contributed by atoms with Crippen molar-refractivity contribution in [3.63, 3.8) is 0 Å². The monoisotopic (exact) mass is 500 g/mol. The quantitative estimate of drug-likeness (QED) is 0.564. The summed E-state index contributed by atoms with van der Waals surface area (Å²) < 4.78 is 39.2. The highest BCUT2D eigenvalue weighted by atomic mass is 19.4. The topological polar surface area (TPSA) is 93.0 Å². The molecule has 8 nitrogen and oxygen atoms in total. The Hall–Kier alpha value is -3.76. The number of halogens is 3. The van der Waals surface area contributed by atoms with Crippen molar-refractivity contribution in [2.24, 2.45) is 0 Å². The van der Waals surface area contributed by atoms with Gasteiger partial charge in [-0.15, -0.1) is 0 Å². The summed E-state index contributed by atoms with van der Waals surface area (Å²) in [7, 11) is 0. The minimum atomic E-state index is -4.43. The highest BCUT2D eigenvalue weighted by Crippen LogP contribution is 2.43. The number of nitrogens with zero attached hydrogens (tertiary/aromatic N) is 5. The van der Waals surface area contributed by atoms with Crippen LogP contribution in [0.15, 0.2) is 36.9 Å². The molecule has 0 fully saturated rings. The lowest BCUT2D eigenvalue weighted by molar-refractivity contribution is -0.142. The van der Waals surface area contributed by atoms with Crippen molar-refractivity contribution in [2.45, 2.75) is 65.3 Å². The molecule has 1 aliphatic rings. The molecule has 3 aromatic rings. The van der Waals surface area contributed by atoms with Gasteiger partial charge in [-0.05, 0) is 59.2 Å². The van der Waals surface area contributed by atoms with E-state index in [1.165, 1.54) is 23.5 Å². The van der Waals surface area contributed by atoms with E-state index in [4.69, 9.17) is 4.98 Å². The zero-order valence-corrected chi connectivity index (χ0v) is 20.9. The van der Waals surface area contributed by atoms with Crippen molar-refractivity contribution in [3.05, 3.63) is 59.3 Å². The predicted octanol–water partition coefficient (Wildman–Crippen LogP) is 4.63. The Kier molecular flexibility index (Phi) is 5.93. The fourth-order valence-corrected chi connectivity index (χ4v) is 4.30. The average molecular weight is 501 g/mol. The van der Waals surface area contributed by atoms with E-state index in [9.17, 15) is 22.8 Å². The van der Waals surface area contributed by atoms with Crippen LogP contribution in [-0.4, -0.2) is 43.3 Å². The molecule has 0 aromatic carbocycles. The lowest BCUT2D eigenvalue weighted by atomic mass is 9.96. The average Bonchev–Trinajstić information content (AvgIpc) is 3.25. The lowest BCUT2D eigenvalue weighted by Crippen LogP contribution is -2.40. The SMILES string of the molecule is Cc1cc(-c2cncc(C(=O)NC(C)(C)C)c2)nc2c1C(=O)N(c1cnn(CC(F)(F)F)c1)C2(C)C. The Balaban J connectivity index is 1.72. The highest BCUT2D eigenvalue weighted by molar-refractivity contribution is 6.12. The standard InChI is InChI=1S/C25H27F3N6O2/c1-14-7-18(15-8-16(10-29-9-15)21(35)32-23(2,3)4)31-20-19(14)22(36)34(24(20,5)6)17-11-30-33(12-17)13-25(26,27)28/h7-12H,13H2,1-6H3,(H,32,35). The second-order valence-electron chi connectivity index (χ2n) is 10.4. The molecule has 1 aliphatic heterocycles.